The minimum absolute atomic E-state index is 0.0593. The molecule has 1 aliphatic rings. The van der Waals surface area contributed by atoms with Crippen molar-refractivity contribution in [1.29, 1.82) is 0 Å². The van der Waals surface area contributed by atoms with Gasteiger partial charge in [0, 0.05) is 37.3 Å². The fraction of sp³-hybridized carbons (Fsp3) is 0.429. The molecule has 0 amide bonds. The van der Waals surface area contributed by atoms with Crippen molar-refractivity contribution < 1.29 is 17.7 Å². The molecule has 1 fully saturated rings. The van der Waals surface area contributed by atoms with Crippen molar-refractivity contribution in [3.8, 4) is 11.4 Å². The lowest BCUT2D eigenvalue weighted by Crippen LogP contribution is -2.31. The van der Waals surface area contributed by atoms with Crippen LogP contribution < -0.4 is 0 Å². The molecule has 0 N–H and O–H groups in total. The van der Waals surface area contributed by atoms with Crippen LogP contribution in [-0.2, 0) is 12.7 Å². The fourth-order valence-electron chi connectivity index (χ4n) is 2.28. The highest BCUT2D eigenvalue weighted by Crippen LogP contribution is 2.29. The van der Waals surface area contributed by atoms with Gasteiger partial charge in [0.15, 0.2) is 0 Å². The van der Waals surface area contributed by atoms with Gasteiger partial charge in [0.1, 0.15) is 0 Å². The zero-order valence-electron chi connectivity index (χ0n) is 12.4. The molecule has 3 rings (SSSR count). The third-order valence-electron chi connectivity index (χ3n) is 3.37. The highest BCUT2D eigenvalue weighted by molar-refractivity contribution is 7.94. The van der Waals surface area contributed by atoms with Crippen molar-refractivity contribution >= 4 is 12.1 Å². The largest absolute Gasteiger partial charge is 0.471 e. The maximum atomic E-state index is 12.5. The van der Waals surface area contributed by atoms with E-state index in [0.717, 1.165) is 31.6 Å². The molecular weight excluding hydrogens is 329 g/mol. The Morgan fingerprint density at radius 2 is 1.96 bits per heavy atom. The summed E-state index contributed by atoms with van der Waals surface area (Å²) in [5, 5.41) is 3.38. The van der Waals surface area contributed by atoms with Crippen LogP contribution in [0, 0.1) is 0 Å². The van der Waals surface area contributed by atoms with E-state index >= 15 is 0 Å². The smallest absolute Gasteiger partial charge is 0.329 e. The van der Waals surface area contributed by atoms with E-state index in [-0.39, 0.29) is 5.82 Å². The van der Waals surface area contributed by atoms with Gasteiger partial charge in [-0.1, -0.05) is 29.4 Å². The Morgan fingerprint density at radius 3 is 2.57 bits per heavy atom. The van der Waals surface area contributed by atoms with Crippen molar-refractivity contribution in [2.24, 2.45) is 0 Å². The zero-order chi connectivity index (χ0) is 16.4. The van der Waals surface area contributed by atoms with Gasteiger partial charge in [-0.2, -0.15) is 18.2 Å². The van der Waals surface area contributed by atoms with Crippen LogP contribution in [0.3, 0.4) is 0 Å². The Kier molecular flexibility index (Phi) is 4.60. The number of hydrogen-bond donors (Lipinski definition) is 0. The lowest BCUT2D eigenvalue weighted by Gasteiger charge is -2.31. The predicted molar refractivity (Wildman–Crippen MR) is 80.0 cm³/mol. The molecule has 0 radical (unpaired) electrons. The molecule has 0 atom stereocenters. The summed E-state index contributed by atoms with van der Waals surface area (Å²) >= 11 is 1.69. The van der Waals surface area contributed by atoms with Crippen LogP contribution in [0.15, 0.2) is 28.8 Å². The Morgan fingerprint density at radius 1 is 1.22 bits per heavy atom. The third-order valence-corrected chi connectivity index (χ3v) is 4.38. The molecule has 9 heteroatoms. The van der Waals surface area contributed by atoms with Gasteiger partial charge >= 0.3 is 12.1 Å². The maximum absolute atomic E-state index is 12.5. The first-order valence-corrected chi connectivity index (χ1v) is 7.79. The number of aromatic nitrogens is 2. The number of benzene rings is 1. The summed E-state index contributed by atoms with van der Waals surface area (Å²) < 4.78 is 46.1. The molecule has 1 aromatic carbocycles. The average molecular weight is 344 g/mol. The monoisotopic (exact) mass is 344 g/mol. The first-order valence-electron chi connectivity index (χ1n) is 7.06. The van der Waals surface area contributed by atoms with E-state index in [4.69, 9.17) is 0 Å². The molecule has 23 heavy (non-hydrogen) atoms. The summed E-state index contributed by atoms with van der Waals surface area (Å²) in [5.74, 6) is -1.39. The lowest BCUT2D eigenvalue weighted by molar-refractivity contribution is -0.159. The van der Waals surface area contributed by atoms with Crippen LogP contribution in [0.2, 0.25) is 0 Å². The molecule has 2 aromatic rings. The van der Waals surface area contributed by atoms with Gasteiger partial charge in [0.2, 0.25) is 5.82 Å². The highest BCUT2D eigenvalue weighted by Gasteiger charge is 2.38. The second-order valence-corrected chi connectivity index (χ2v) is 6.57. The molecule has 1 aliphatic heterocycles. The topological polar surface area (TPSA) is 45.4 Å². The highest BCUT2D eigenvalue weighted by atomic mass is 32.2. The normalized spacial score (nSPS) is 17.6. The van der Waals surface area contributed by atoms with E-state index in [1.54, 1.807) is 24.3 Å². The van der Waals surface area contributed by atoms with Gasteiger partial charge in [-0.25, -0.2) is 8.61 Å². The summed E-state index contributed by atoms with van der Waals surface area (Å²) in [4.78, 5) is 3.38. The van der Waals surface area contributed by atoms with Crippen LogP contribution >= 0.6 is 12.1 Å². The van der Waals surface area contributed by atoms with E-state index < -0.39 is 12.1 Å². The molecule has 0 bridgehead atoms. The Balaban J connectivity index is 1.68. The summed E-state index contributed by atoms with van der Waals surface area (Å²) in [7, 11) is 2.05. The second kappa shape index (κ2) is 6.50. The standard InChI is InChI=1S/C14H15F3N4OS/c1-20-7-2-8-21(23-20)9-10-3-5-11(6-4-10)12-18-13(22-19-12)14(15,16)17/h3-6H,2,7-9H2,1H3. The summed E-state index contributed by atoms with van der Waals surface area (Å²) in [6, 6.07) is 7.15. The molecular formula is C14H15F3N4OS. The number of hydrogen-bond acceptors (Lipinski definition) is 6. The fourth-order valence-corrected chi connectivity index (χ4v) is 3.30. The molecule has 0 unspecified atom stereocenters. The van der Waals surface area contributed by atoms with Gasteiger partial charge in [-0.15, -0.1) is 0 Å². The van der Waals surface area contributed by atoms with Gasteiger partial charge in [0.05, 0.1) is 0 Å². The number of rotatable bonds is 3. The first-order chi connectivity index (χ1) is 10.9. The van der Waals surface area contributed by atoms with E-state index in [0.29, 0.717) is 5.56 Å². The van der Waals surface area contributed by atoms with Crippen molar-refractivity contribution in [2.45, 2.75) is 19.1 Å². The summed E-state index contributed by atoms with van der Waals surface area (Å²) in [6.45, 7) is 2.85. The van der Waals surface area contributed by atoms with Crippen LogP contribution in [0.5, 0.6) is 0 Å². The van der Waals surface area contributed by atoms with Crippen LogP contribution in [0.1, 0.15) is 17.9 Å². The van der Waals surface area contributed by atoms with E-state index in [1.807, 2.05) is 12.1 Å². The molecule has 124 valence electrons. The molecule has 0 saturated carbocycles. The minimum Gasteiger partial charge on any atom is -0.329 e. The zero-order valence-corrected chi connectivity index (χ0v) is 13.2. The van der Waals surface area contributed by atoms with Crippen molar-refractivity contribution in [3.05, 3.63) is 35.7 Å². The van der Waals surface area contributed by atoms with E-state index in [2.05, 4.69) is 30.3 Å². The lowest BCUT2D eigenvalue weighted by atomic mass is 10.1. The quantitative estimate of drug-likeness (QED) is 0.795. The van der Waals surface area contributed by atoms with Gasteiger partial charge in [0.25, 0.3) is 0 Å². The molecule has 1 saturated heterocycles. The van der Waals surface area contributed by atoms with Crippen molar-refractivity contribution in [1.82, 2.24) is 18.8 Å². The van der Waals surface area contributed by atoms with Gasteiger partial charge in [-0.3, -0.25) is 0 Å². The van der Waals surface area contributed by atoms with Crippen molar-refractivity contribution in [2.75, 3.05) is 20.1 Å². The van der Waals surface area contributed by atoms with Gasteiger partial charge < -0.3 is 4.52 Å². The van der Waals surface area contributed by atoms with Crippen LogP contribution in [-0.4, -0.2) is 38.9 Å². The van der Waals surface area contributed by atoms with E-state index in [1.165, 1.54) is 0 Å². The van der Waals surface area contributed by atoms with Crippen LogP contribution in [0.25, 0.3) is 11.4 Å². The molecule has 0 spiro atoms. The Labute approximate surface area is 135 Å². The number of alkyl halides is 3. The Hall–Kier alpha value is -1.58. The number of halogens is 3. The first kappa shape index (κ1) is 16.3. The minimum atomic E-state index is -4.62. The third kappa shape index (κ3) is 4.04. The molecule has 0 aliphatic carbocycles. The Bertz CT molecular complexity index is 659. The van der Waals surface area contributed by atoms with Crippen molar-refractivity contribution in [3.63, 3.8) is 0 Å². The van der Waals surface area contributed by atoms with Crippen LogP contribution in [0.4, 0.5) is 13.2 Å². The van der Waals surface area contributed by atoms with Gasteiger partial charge in [-0.05, 0) is 19.0 Å². The second-order valence-electron chi connectivity index (χ2n) is 5.27. The molecule has 1 aromatic heterocycles. The summed E-state index contributed by atoms with van der Waals surface area (Å²) in [6.07, 6.45) is -3.51. The average Bonchev–Trinajstić information content (AvgIpc) is 2.98. The summed E-state index contributed by atoms with van der Waals surface area (Å²) in [5.41, 5.74) is 1.58. The SMILES string of the molecule is CN1CCCN(Cc2ccc(-c3noc(C(F)(F)F)n3)cc2)S1. The number of nitrogens with zero attached hydrogens (tertiary/aromatic N) is 4. The van der Waals surface area contributed by atoms with E-state index in [9.17, 15) is 13.2 Å². The maximum Gasteiger partial charge on any atom is 0.471 e. The predicted octanol–water partition coefficient (Wildman–Crippen LogP) is 3.46. The molecule has 2 heterocycles. The molecule has 5 nitrogen and oxygen atoms in total.